The Morgan fingerprint density at radius 2 is 2.30 bits per heavy atom. The molecule has 0 spiro atoms. The summed E-state index contributed by atoms with van der Waals surface area (Å²) in [5.74, 6) is -0.174. The molecule has 0 unspecified atom stereocenters. The lowest BCUT2D eigenvalue weighted by atomic mass is 9.97. The number of amides is 1. The molecule has 1 aliphatic carbocycles. The third-order valence-corrected chi connectivity index (χ3v) is 4.38. The fourth-order valence-electron chi connectivity index (χ4n) is 2.97. The lowest BCUT2D eigenvalue weighted by Crippen LogP contribution is -2.38. The summed E-state index contributed by atoms with van der Waals surface area (Å²) in [4.78, 5) is 24.6. The Bertz CT molecular complexity index is 787. The lowest BCUT2D eigenvalue weighted by Gasteiger charge is -2.16. The van der Waals surface area contributed by atoms with Gasteiger partial charge in [0.1, 0.15) is 17.9 Å². The van der Waals surface area contributed by atoms with E-state index in [-0.39, 0.29) is 11.5 Å². The molecule has 6 heteroatoms. The normalized spacial score (nSPS) is 16.1. The highest BCUT2D eigenvalue weighted by Crippen LogP contribution is 2.19. The number of nitrogens with one attached hydrogen (secondary N) is 1. The maximum atomic E-state index is 12.3. The van der Waals surface area contributed by atoms with E-state index in [9.17, 15) is 9.59 Å². The monoisotopic (exact) mass is 314 g/mol. The SMILES string of the molecule is C[C@@H](C(=O)NCCC1=CCCCC1)n1ncn2cccc2c1=O. The van der Waals surface area contributed by atoms with Crippen molar-refractivity contribution in [2.75, 3.05) is 6.54 Å². The zero-order chi connectivity index (χ0) is 16.2. The van der Waals surface area contributed by atoms with Crippen LogP contribution in [-0.2, 0) is 4.79 Å². The fourth-order valence-corrected chi connectivity index (χ4v) is 2.97. The van der Waals surface area contributed by atoms with Crippen LogP contribution in [0.15, 0.2) is 41.1 Å². The van der Waals surface area contributed by atoms with E-state index in [0.29, 0.717) is 12.1 Å². The zero-order valence-corrected chi connectivity index (χ0v) is 13.4. The number of carbonyl (C=O) groups is 1. The summed E-state index contributed by atoms with van der Waals surface area (Å²) in [7, 11) is 0. The molecule has 2 aromatic rings. The second-order valence-corrected chi connectivity index (χ2v) is 6.01. The molecule has 1 aliphatic rings. The molecule has 0 radical (unpaired) electrons. The predicted molar refractivity (Wildman–Crippen MR) is 88.3 cm³/mol. The maximum absolute atomic E-state index is 12.3. The van der Waals surface area contributed by atoms with E-state index >= 15 is 0 Å². The third kappa shape index (κ3) is 3.36. The maximum Gasteiger partial charge on any atom is 0.291 e. The van der Waals surface area contributed by atoms with Gasteiger partial charge in [0.25, 0.3) is 5.56 Å². The standard InChI is InChI=1S/C17H22N4O2/c1-13(16(22)18-10-9-14-6-3-2-4-7-14)21-17(23)15-8-5-11-20(15)12-19-21/h5-6,8,11-13H,2-4,7,9-10H2,1H3,(H,18,22)/t13-/m0/s1. The minimum Gasteiger partial charge on any atom is -0.354 e. The highest BCUT2D eigenvalue weighted by Gasteiger charge is 2.18. The van der Waals surface area contributed by atoms with Crippen molar-refractivity contribution in [3.05, 3.63) is 46.7 Å². The molecule has 0 bridgehead atoms. The summed E-state index contributed by atoms with van der Waals surface area (Å²) in [6, 6.07) is 2.88. The quantitative estimate of drug-likeness (QED) is 0.859. The van der Waals surface area contributed by atoms with Gasteiger partial charge in [0.2, 0.25) is 5.91 Å². The molecule has 3 rings (SSSR count). The van der Waals surface area contributed by atoms with E-state index in [1.165, 1.54) is 23.1 Å². The predicted octanol–water partition coefficient (Wildman–Crippen LogP) is 2.06. The molecule has 2 heterocycles. The number of fused-ring (bicyclic) bond motifs is 1. The van der Waals surface area contributed by atoms with Gasteiger partial charge in [-0.1, -0.05) is 11.6 Å². The van der Waals surface area contributed by atoms with Gasteiger partial charge in [-0.05, 0) is 51.2 Å². The minimum atomic E-state index is -0.622. The molecule has 0 saturated heterocycles. The summed E-state index contributed by atoms with van der Waals surface area (Å²) in [6.07, 6.45) is 11.3. The van der Waals surface area contributed by atoms with E-state index in [1.54, 1.807) is 36.0 Å². The molecular weight excluding hydrogens is 292 g/mol. The molecule has 1 atom stereocenters. The largest absolute Gasteiger partial charge is 0.354 e. The van der Waals surface area contributed by atoms with Gasteiger partial charge in [-0.25, -0.2) is 4.68 Å². The second kappa shape index (κ2) is 6.81. The Balaban J connectivity index is 1.63. The van der Waals surface area contributed by atoms with E-state index < -0.39 is 6.04 Å². The number of carbonyl (C=O) groups excluding carboxylic acids is 1. The molecule has 1 N–H and O–H groups in total. The van der Waals surface area contributed by atoms with Crippen molar-refractivity contribution in [1.82, 2.24) is 19.5 Å². The molecule has 2 aromatic heterocycles. The van der Waals surface area contributed by atoms with Crippen LogP contribution >= 0.6 is 0 Å². The van der Waals surface area contributed by atoms with Crippen molar-refractivity contribution < 1.29 is 4.79 Å². The van der Waals surface area contributed by atoms with Crippen molar-refractivity contribution in [2.24, 2.45) is 0 Å². The van der Waals surface area contributed by atoms with E-state index in [1.807, 2.05) is 0 Å². The molecule has 0 aliphatic heterocycles. The first-order valence-corrected chi connectivity index (χ1v) is 8.17. The Hall–Kier alpha value is -2.37. The molecule has 23 heavy (non-hydrogen) atoms. The van der Waals surface area contributed by atoms with Crippen molar-refractivity contribution in [2.45, 2.75) is 45.1 Å². The Kier molecular flexibility index (Phi) is 4.60. The van der Waals surface area contributed by atoms with Crippen LogP contribution in [0.25, 0.3) is 5.52 Å². The number of hydrogen-bond donors (Lipinski definition) is 1. The fraction of sp³-hybridized carbons (Fsp3) is 0.471. The lowest BCUT2D eigenvalue weighted by molar-refractivity contribution is -0.124. The summed E-state index contributed by atoms with van der Waals surface area (Å²) in [6.45, 7) is 2.31. The summed E-state index contributed by atoms with van der Waals surface area (Å²) >= 11 is 0. The summed E-state index contributed by atoms with van der Waals surface area (Å²) in [5, 5.41) is 7.00. The van der Waals surface area contributed by atoms with Gasteiger partial charge >= 0.3 is 0 Å². The van der Waals surface area contributed by atoms with Crippen LogP contribution in [0.2, 0.25) is 0 Å². The molecule has 0 saturated carbocycles. The van der Waals surface area contributed by atoms with Crippen LogP contribution < -0.4 is 10.9 Å². The number of allylic oxidation sites excluding steroid dienone is 1. The van der Waals surface area contributed by atoms with Gasteiger partial charge in [-0.3, -0.25) is 9.59 Å². The number of rotatable bonds is 5. The number of hydrogen-bond acceptors (Lipinski definition) is 3. The van der Waals surface area contributed by atoms with Crippen molar-refractivity contribution in [1.29, 1.82) is 0 Å². The van der Waals surface area contributed by atoms with Crippen LogP contribution in [0.1, 0.15) is 45.1 Å². The molecule has 0 aromatic carbocycles. The summed E-state index contributed by atoms with van der Waals surface area (Å²) in [5.41, 5.74) is 1.69. The first kappa shape index (κ1) is 15.5. The molecule has 122 valence electrons. The third-order valence-electron chi connectivity index (χ3n) is 4.38. The average molecular weight is 314 g/mol. The summed E-state index contributed by atoms with van der Waals surface area (Å²) < 4.78 is 2.89. The first-order chi connectivity index (χ1) is 11.2. The number of aromatic nitrogens is 3. The van der Waals surface area contributed by atoms with E-state index in [4.69, 9.17) is 0 Å². The minimum absolute atomic E-state index is 0.174. The van der Waals surface area contributed by atoms with Crippen LogP contribution in [0.4, 0.5) is 0 Å². The van der Waals surface area contributed by atoms with E-state index in [0.717, 1.165) is 19.3 Å². The molecule has 6 nitrogen and oxygen atoms in total. The first-order valence-electron chi connectivity index (χ1n) is 8.17. The van der Waals surface area contributed by atoms with Gasteiger partial charge in [0.05, 0.1) is 0 Å². The van der Waals surface area contributed by atoms with Gasteiger partial charge < -0.3 is 9.72 Å². The van der Waals surface area contributed by atoms with Crippen molar-refractivity contribution in [3.8, 4) is 0 Å². The zero-order valence-electron chi connectivity index (χ0n) is 13.4. The van der Waals surface area contributed by atoms with Gasteiger partial charge in [-0.2, -0.15) is 5.10 Å². The van der Waals surface area contributed by atoms with Crippen LogP contribution in [0.3, 0.4) is 0 Å². The van der Waals surface area contributed by atoms with Crippen LogP contribution in [0, 0.1) is 0 Å². The topological polar surface area (TPSA) is 68.4 Å². The molecular formula is C17H22N4O2. The van der Waals surface area contributed by atoms with Crippen LogP contribution in [0.5, 0.6) is 0 Å². The van der Waals surface area contributed by atoms with Crippen molar-refractivity contribution >= 4 is 11.4 Å². The molecule has 1 amide bonds. The van der Waals surface area contributed by atoms with Crippen LogP contribution in [-0.4, -0.2) is 26.6 Å². The highest BCUT2D eigenvalue weighted by molar-refractivity contribution is 5.79. The Morgan fingerprint density at radius 3 is 3.09 bits per heavy atom. The molecule has 0 fully saturated rings. The number of nitrogens with zero attached hydrogens (tertiary/aromatic N) is 3. The average Bonchev–Trinajstić information content (AvgIpc) is 3.05. The smallest absolute Gasteiger partial charge is 0.291 e. The van der Waals surface area contributed by atoms with Gasteiger partial charge in [0, 0.05) is 12.7 Å². The second-order valence-electron chi connectivity index (χ2n) is 6.01. The van der Waals surface area contributed by atoms with Gasteiger partial charge in [-0.15, -0.1) is 0 Å². The Morgan fingerprint density at radius 1 is 1.43 bits per heavy atom. The van der Waals surface area contributed by atoms with Crippen molar-refractivity contribution in [3.63, 3.8) is 0 Å². The van der Waals surface area contributed by atoms with Gasteiger partial charge in [0.15, 0.2) is 0 Å². The van der Waals surface area contributed by atoms with E-state index in [2.05, 4.69) is 16.5 Å². The Labute approximate surface area is 134 Å². The highest BCUT2D eigenvalue weighted by atomic mass is 16.2.